The van der Waals surface area contributed by atoms with Crippen molar-refractivity contribution in [2.45, 2.75) is 20.0 Å². The molecule has 1 heterocycles. The molecule has 0 spiro atoms. The van der Waals surface area contributed by atoms with Crippen LogP contribution in [0, 0.1) is 0 Å². The van der Waals surface area contributed by atoms with Crippen LogP contribution in [0.2, 0.25) is 0 Å². The van der Waals surface area contributed by atoms with Crippen molar-refractivity contribution >= 4 is 11.0 Å². The van der Waals surface area contributed by atoms with Crippen LogP contribution in [0.4, 0.5) is 0 Å². The summed E-state index contributed by atoms with van der Waals surface area (Å²) in [5, 5.41) is 10.4. The molecular formula is C19H20NO3+. The number of quaternary nitrogens is 1. The average molecular weight is 310 g/mol. The second-order valence-corrected chi connectivity index (χ2v) is 5.71. The van der Waals surface area contributed by atoms with E-state index in [0.717, 1.165) is 30.6 Å². The molecule has 2 N–H and O–H groups in total. The van der Waals surface area contributed by atoms with Crippen LogP contribution >= 0.6 is 0 Å². The third-order valence-electron chi connectivity index (χ3n) is 4.05. The van der Waals surface area contributed by atoms with Crippen LogP contribution in [0.15, 0.2) is 63.8 Å². The van der Waals surface area contributed by atoms with Crippen LogP contribution in [-0.2, 0) is 13.1 Å². The minimum absolute atomic E-state index is 0.0989. The number of benzene rings is 2. The Morgan fingerprint density at radius 3 is 2.57 bits per heavy atom. The summed E-state index contributed by atoms with van der Waals surface area (Å²) < 4.78 is 5.19. The number of rotatable bonds is 5. The normalized spacial score (nSPS) is 12.4. The van der Waals surface area contributed by atoms with E-state index in [1.165, 1.54) is 16.5 Å². The maximum Gasteiger partial charge on any atom is 0.336 e. The minimum Gasteiger partial charge on any atom is -0.508 e. The van der Waals surface area contributed by atoms with Gasteiger partial charge >= 0.3 is 5.63 Å². The highest BCUT2D eigenvalue weighted by molar-refractivity contribution is 5.81. The third-order valence-corrected chi connectivity index (χ3v) is 4.05. The number of aromatic hydroxyl groups is 1. The number of nitrogens with one attached hydrogen (secondary N) is 1. The molecule has 0 saturated carbocycles. The van der Waals surface area contributed by atoms with Gasteiger partial charge < -0.3 is 14.4 Å². The van der Waals surface area contributed by atoms with Crippen LogP contribution < -0.4 is 10.5 Å². The number of fused-ring (bicyclic) bond motifs is 1. The molecule has 0 bridgehead atoms. The average Bonchev–Trinajstić information content (AvgIpc) is 2.54. The van der Waals surface area contributed by atoms with Crippen molar-refractivity contribution in [3.8, 4) is 5.75 Å². The number of phenols is 1. The Labute approximate surface area is 134 Å². The van der Waals surface area contributed by atoms with Gasteiger partial charge in [-0.1, -0.05) is 30.3 Å². The number of phenolic OH excluding ortho intramolecular Hbond substituents is 1. The zero-order valence-corrected chi connectivity index (χ0v) is 13.1. The molecule has 3 rings (SSSR count). The Hall–Kier alpha value is -2.59. The van der Waals surface area contributed by atoms with Gasteiger partial charge in [0, 0.05) is 28.6 Å². The van der Waals surface area contributed by atoms with Gasteiger partial charge in [-0.25, -0.2) is 4.79 Å². The molecule has 23 heavy (non-hydrogen) atoms. The van der Waals surface area contributed by atoms with Gasteiger partial charge in [-0.2, -0.15) is 0 Å². The minimum atomic E-state index is -0.381. The Balaban J connectivity index is 1.91. The fourth-order valence-electron chi connectivity index (χ4n) is 2.83. The fraction of sp³-hybridized carbons (Fsp3) is 0.211. The lowest BCUT2D eigenvalue weighted by atomic mass is 10.1. The van der Waals surface area contributed by atoms with Crippen molar-refractivity contribution in [3.05, 3.63) is 76.1 Å². The van der Waals surface area contributed by atoms with Crippen LogP contribution in [0.1, 0.15) is 18.1 Å². The molecule has 4 heteroatoms. The maximum absolute atomic E-state index is 11.8. The van der Waals surface area contributed by atoms with Crippen molar-refractivity contribution in [1.82, 2.24) is 0 Å². The molecule has 0 aliphatic rings. The Bertz CT molecular complexity index is 855. The predicted octanol–water partition coefficient (Wildman–Crippen LogP) is 2.10. The van der Waals surface area contributed by atoms with E-state index in [0.29, 0.717) is 5.58 Å². The molecular weight excluding hydrogens is 290 g/mol. The van der Waals surface area contributed by atoms with Gasteiger partial charge in [0.15, 0.2) is 0 Å². The SMILES string of the molecule is CC[NH+](Cc1ccccc1)Cc1cc(=O)oc2cc(O)ccc12. The largest absolute Gasteiger partial charge is 0.508 e. The van der Waals surface area contributed by atoms with Gasteiger partial charge in [-0.05, 0) is 19.1 Å². The molecule has 4 nitrogen and oxygen atoms in total. The summed E-state index contributed by atoms with van der Waals surface area (Å²) in [4.78, 5) is 13.1. The summed E-state index contributed by atoms with van der Waals surface area (Å²) in [6.45, 7) is 4.72. The van der Waals surface area contributed by atoms with Gasteiger partial charge in [0.25, 0.3) is 0 Å². The molecule has 2 aromatic carbocycles. The van der Waals surface area contributed by atoms with Crippen molar-refractivity contribution in [1.29, 1.82) is 0 Å². The summed E-state index contributed by atoms with van der Waals surface area (Å²) >= 11 is 0. The topological polar surface area (TPSA) is 54.9 Å². The summed E-state index contributed by atoms with van der Waals surface area (Å²) in [7, 11) is 0. The Morgan fingerprint density at radius 1 is 1.04 bits per heavy atom. The molecule has 0 saturated heterocycles. The molecule has 1 atom stereocenters. The number of hydrogen-bond acceptors (Lipinski definition) is 3. The fourth-order valence-corrected chi connectivity index (χ4v) is 2.83. The van der Waals surface area contributed by atoms with E-state index in [2.05, 4.69) is 19.1 Å². The van der Waals surface area contributed by atoms with E-state index in [-0.39, 0.29) is 11.4 Å². The maximum atomic E-state index is 11.8. The van der Waals surface area contributed by atoms with Gasteiger partial charge in [-0.3, -0.25) is 0 Å². The van der Waals surface area contributed by atoms with E-state index in [4.69, 9.17) is 4.42 Å². The van der Waals surface area contributed by atoms with Crippen LogP contribution in [-0.4, -0.2) is 11.7 Å². The first-order chi connectivity index (χ1) is 11.2. The van der Waals surface area contributed by atoms with Crippen molar-refractivity contribution in [2.24, 2.45) is 0 Å². The first-order valence-electron chi connectivity index (χ1n) is 7.79. The Kier molecular flexibility index (Phi) is 4.44. The lowest BCUT2D eigenvalue weighted by Crippen LogP contribution is -3.09. The summed E-state index contributed by atoms with van der Waals surface area (Å²) in [6, 6.07) is 16.8. The zero-order valence-electron chi connectivity index (χ0n) is 13.1. The van der Waals surface area contributed by atoms with Crippen LogP contribution in [0.3, 0.4) is 0 Å². The van der Waals surface area contributed by atoms with E-state index in [9.17, 15) is 9.90 Å². The molecule has 118 valence electrons. The lowest BCUT2D eigenvalue weighted by Gasteiger charge is -2.18. The molecule has 1 unspecified atom stereocenters. The molecule has 0 fully saturated rings. The van der Waals surface area contributed by atoms with Gasteiger partial charge in [0.05, 0.1) is 6.54 Å². The van der Waals surface area contributed by atoms with E-state index >= 15 is 0 Å². The summed E-state index contributed by atoms with van der Waals surface area (Å²) in [6.07, 6.45) is 0. The second-order valence-electron chi connectivity index (χ2n) is 5.71. The second kappa shape index (κ2) is 6.67. The highest BCUT2D eigenvalue weighted by atomic mass is 16.4. The molecule has 0 amide bonds. The van der Waals surface area contributed by atoms with E-state index < -0.39 is 0 Å². The highest BCUT2D eigenvalue weighted by Gasteiger charge is 2.13. The monoisotopic (exact) mass is 310 g/mol. The van der Waals surface area contributed by atoms with Crippen LogP contribution in [0.25, 0.3) is 11.0 Å². The van der Waals surface area contributed by atoms with Crippen molar-refractivity contribution in [2.75, 3.05) is 6.54 Å². The van der Waals surface area contributed by atoms with E-state index in [1.54, 1.807) is 18.2 Å². The molecule has 0 aliphatic heterocycles. The summed E-state index contributed by atoms with van der Waals surface area (Å²) in [5.41, 5.74) is 2.27. The van der Waals surface area contributed by atoms with Gasteiger partial charge in [0.2, 0.25) is 0 Å². The molecule has 1 aromatic heterocycles. The standard InChI is InChI=1S/C19H19NO3/c1-2-20(12-14-6-4-3-5-7-14)13-15-10-19(22)23-18-11-16(21)8-9-17(15)18/h3-11,21H,2,12-13H2,1H3/p+1. The highest BCUT2D eigenvalue weighted by Crippen LogP contribution is 2.21. The Morgan fingerprint density at radius 2 is 1.83 bits per heavy atom. The molecule has 0 radical (unpaired) electrons. The quantitative estimate of drug-likeness (QED) is 0.710. The van der Waals surface area contributed by atoms with Crippen molar-refractivity contribution < 1.29 is 14.4 Å². The van der Waals surface area contributed by atoms with Crippen LogP contribution in [0.5, 0.6) is 5.75 Å². The molecule has 0 aliphatic carbocycles. The third kappa shape index (κ3) is 3.60. The number of hydrogen-bond donors (Lipinski definition) is 2. The lowest BCUT2D eigenvalue weighted by molar-refractivity contribution is -0.925. The van der Waals surface area contributed by atoms with Gasteiger partial charge in [0.1, 0.15) is 24.4 Å². The van der Waals surface area contributed by atoms with Crippen molar-refractivity contribution in [3.63, 3.8) is 0 Å². The zero-order chi connectivity index (χ0) is 16.2. The molecule has 3 aromatic rings. The van der Waals surface area contributed by atoms with Gasteiger partial charge in [-0.15, -0.1) is 0 Å². The van der Waals surface area contributed by atoms with E-state index in [1.807, 2.05) is 18.2 Å². The first-order valence-corrected chi connectivity index (χ1v) is 7.79. The summed E-state index contributed by atoms with van der Waals surface area (Å²) in [5.74, 6) is 0.0989. The smallest absolute Gasteiger partial charge is 0.336 e. The predicted molar refractivity (Wildman–Crippen MR) is 89.5 cm³/mol. The first kappa shape index (κ1) is 15.3.